The lowest BCUT2D eigenvalue weighted by atomic mass is 9.94. The van der Waals surface area contributed by atoms with Gasteiger partial charge in [-0.3, -0.25) is 4.98 Å². The second-order valence-electron chi connectivity index (χ2n) is 9.65. The molecular weight excluding hydrogens is 448 g/mol. The first-order valence-corrected chi connectivity index (χ1v) is 12.6. The molecule has 8 rings (SSSR count). The van der Waals surface area contributed by atoms with Gasteiger partial charge in [-0.25, -0.2) is 0 Å². The molecule has 2 heteroatoms. The zero-order valence-electron chi connectivity index (χ0n) is 20.1. The monoisotopic (exact) mass is 470 g/mol. The van der Waals surface area contributed by atoms with Gasteiger partial charge in [-0.2, -0.15) is 0 Å². The first-order valence-electron chi connectivity index (χ1n) is 12.6. The molecule has 0 fully saturated rings. The van der Waals surface area contributed by atoms with Crippen LogP contribution in [0.4, 0.5) is 0 Å². The van der Waals surface area contributed by atoms with E-state index >= 15 is 0 Å². The summed E-state index contributed by atoms with van der Waals surface area (Å²) < 4.78 is 2.38. The molecular formula is C35H22N2. The van der Waals surface area contributed by atoms with Gasteiger partial charge >= 0.3 is 0 Å². The number of rotatable bonds is 2. The standard InChI is InChI=1S/C35H22N2/c1-2-8-23(9-3-1)24-14-17-34-32(20-24)33-22-36-19-18-35(33)37(34)25-15-16-30-28-12-5-4-10-26(28)27-11-6-7-13-29(27)31(30)21-25/h1-22H. The van der Waals surface area contributed by atoms with Gasteiger partial charge in [-0.15, -0.1) is 0 Å². The fourth-order valence-corrected chi connectivity index (χ4v) is 5.99. The third kappa shape index (κ3) is 2.96. The molecule has 0 saturated carbocycles. The average Bonchev–Trinajstić information content (AvgIpc) is 3.31. The normalized spacial score (nSPS) is 11.8. The van der Waals surface area contributed by atoms with Crippen molar-refractivity contribution >= 4 is 54.1 Å². The van der Waals surface area contributed by atoms with Gasteiger partial charge in [0.1, 0.15) is 0 Å². The molecule has 8 aromatic rings. The molecule has 0 aliphatic heterocycles. The highest BCUT2D eigenvalue weighted by Crippen LogP contribution is 2.38. The number of pyridine rings is 1. The molecule has 37 heavy (non-hydrogen) atoms. The second kappa shape index (κ2) is 7.78. The van der Waals surface area contributed by atoms with Crippen LogP contribution >= 0.6 is 0 Å². The molecule has 2 aromatic heterocycles. The number of aromatic nitrogens is 2. The van der Waals surface area contributed by atoms with Crippen LogP contribution in [0.1, 0.15) is 0 Å². The lowest BCUT2D eigenvalue weighted by molar-refractivity contribution is 1.18. The van der Waals surface area contributed by atoms with Crippen LogP contribution in [0.25, 0.3) is 70.9 Å². The summed E-state index contributed by atoms with van der Waals surface area (Å²) in [7, 11) is 0. The van der Waals surface area contributed by atoms with Crippen LogP contribution in [-0.2, 0) is 0 Å². The fraction of sp³-hybridized carbons (Fsp3) is 0. The van der Waals surface area contributed by atoms with Crippen LogP contribution in [0.2, 0.25) is 0 Å². The summed E-state index contributed by atoms with van der Waals surface area (Å²) >= 11 is 0. The van der Waals surface area contributed by atoms with E-state index in [9.17, 15) is 0 Å². The molecule has 0 unspecified atom stereocenters. The number of nitrogens with zero attached hydrogens (tertiary/aromatic N) is 2. The van der Waals surface area contributed by atoms with E-state index in [-0.39, 0.29) is 0 Å². The van der Waals surface area contributed by atoms with Gasteiger partial charge in [0.25, 0.3) is 0 Å². The summed E-state index contributed by atoms with van der Waals surface area (Å²) in [6, 6.07) is 43.9. The van der Waals surface area contributed by atoms with E-state index in [0.717, 1.165) is 5.69 Å². The molecule has 0 amide bonds. The van der Waals surface area contributed by atoms with Gasteiger partial charge in [-0.05, 0) is 73.8 Å². The number of hydrogen-bond acceptors (Lipinski definition) is 1. The third-order valence-electron chi connectivity index (χ3n) is 7.66. The first kappa shape index (κ1) is 20.3. The topological polar surface area (TPSA) is 17.8 Å². The number of fused-ring (bicyclic) bond motifs is 9. The van der Waals surface area contributed by atoms with Crippen molar-refractivity contribution in [3.8, 4) is 16.8 Å². The molecule has 6 aromatic carbocycles. The van der Waals surface area contributed by atoms with Crippen LogP contribution in [0, 0.1) is 0 Å². The van der Waals surface area contributed by atoms with Crippen molar-refractivity contribution in [3.05, 3.63) is 134 Å². The molecule has 0 aliphatic rings. The Kier molecular flexibility index (Phi) is 4.26. The fourth-order valence-electron chi connectivity index (χ4n) is 5.99. The molecule has 0 atom stereocenters. The Labute approximate surface area is 214 Å². The van der Waals surface area contributed by atoms with E-state index in [1.807, 2.05) is 12.4 Å². The summed E-state index contributed by atoms with van der Waals surface area (Å²) in [4.78, 5) is 4.48. The minimum Gasteiger partial charge on any atom is -0.309 e. The SMILES string of the molecule is c1ccc(-c2ccc3c(c2)c2cnccc2n3-c2ccc3c4ccccc4c4ccccc4c3c2)cc1. The Morgan fingerprint density at radius 3 is 1.76 bits per heavy atom. The minimum absolute atomic E-state index is 1.16. The van der Waals surface area contributed by atoms with Crippen LogP contribution in [-0.4, -0.2) is 9.55 Å². The zero-order chi connectivity index (χ0) is 24.3. The van der Waals surface area contributed by atoms with Crippen molar-refractivity contribution < 1.29 is 0 Å². The Morgan fingerprint density at radius 2 is 1.03 bits per heavy atom. The Balaban J connectivity index is 1.45. The molecule has 0 spiro atoms. The van der Waals surface area contributed by atoms with Crippen LogP contribution in [0.3, 0.4) is 0 Å². The van der Waals surface area contributed by atoms with Gasteiger partial charge in [0, 0.05) is 28.9 Å². The van der Waals surface area contributed by atoms with Gasteiger partial charge in [0.2, 0.25) is 0 Å². The van der Waals surface area contributed by atoms with E-state index in [1.165, 1.54) is 65.3 Å². The average molecular weight is 471 g/mol. The highest BCUT2D eigenvalue weighted by molar-refractivity contribution is 6.25. The Morgan fingerprint density at radius 1 is 0.405 bits per heavy atom. The maximum Gasteiger partial charge on any atom is 0.0571 e. The summed E-state index contributed by atoms with van der Waals surface area (Å²) in [6.45, 7) is 0. The molecule has 0 N–H and O–H groups in total. The lowest BCUT2D eigenvalue weighted by Crippen LogP contribution is -1.94. The van der Waals surface area contributed by atoms with Crippen molar-refractivity contribution in [1.29, 1.82) is 0 Å². The maximum atomic E-state index is 4.48. The van der Waals surface area contributed by atoms with Gasteiger partial charge < -0.3 is 4.57 Å². The van der Waals surface area contributed by atoms with E-state index in [4.69, 9.17) is 0 Å². The van der Waals surface area contributed by atoms with Crippen molar-refractivity contribution in [1.82, 2.24) is 9.55 Å². The molecule has 0 radical (unpaired) electrons. The van der Waals surface area contributed by atoms with Crippen LogP contribution in [0.15, 0.2) is 134 Å². The molecule has 0 saturated heterocycles. The lowest BCUT2D eigenvalue weighted by Gasteiger charge is -2.13. The first-order chi connectivity index (χ1) is 18.4. The van der Waals surface area contributed by atoms with Gasteiger partial charge in [-0.1, -0.05) is 91.0 Å². The zero-order valence-corrected chi connectivity index (χ0v) is 20.1. The highest BCUT2D eigenvalue weighted by atomic mass is 15.0. The number of benzene rings is 6. The Hall–Kier alpha value is -4.95. The van der Waals surface area contributed by atoms with Crippen molar-refractivity contribution in [2.75, 3.05) is 0 Å². The summed E-state index contributed by atoms with van der Waals surface area (Å²) in [6.07, 6.45) is 3.88. The van der Waals surface area contributed by atoms with Crippen molar-refractivity contribution in [2.24, 2.45) is 0 Å². The summed E-state index contributed by atoms with van der Waals surface area (Å²) in [5.74, 6) is 0. The molecule has 2 nitrogen and oxygen atoms in total. The highest BCUT2D eigenvalue weighted by Gasteiger charge is 2.15. The smallest absolute Gasteiger partial charge is 0.0571 e. The van der Waals surface area contributed by atoms with E-state index in [0.29, 0.717) is 0 Å². The quantitative estimate of drug-likeness (QED) is 0.230. The Bertz CT molecular complexity index is 2100. The van der Waals surface area contributed by atoms with Crippen LogP contribution in [0.5, 0.6) is 0 Å². The van der Waals surface area contributed by atoms with Gasteiger partial charge in [0.05, 0.1) is 11.0 Å². The largest absolute Gasteiger partial charge is 0.309 e. The van der Waals surface area contributed by atoms with Crippen molar-refractivity contribution in [3.63, 3.8) is 0 Å². The van der Waals surface area contributed by atoms with E-state index in [2.05, 4.69) is 131 Å². The molecule has 172 valence electrons. The number of hydrogen-bond donors (Lipinski definition) is 0. The van der Waals surface area contributed by atoms with Gasteiger partial charge in [0.15, 0.2) is 0 Å². The summed E-state index contributed by atoms with van der Waals surface area (Å²) in [5, 5.41) is 10.1. The second-order valence-corrected chi connectivity index (χ2v) is 9.65. The van der Waals surface area contributed by atoms with Crippen LogP contribution < -0.4 is 0 Å². The minimum atomic E-state index is 1.16. The molecule has 2 heterocycles. The predicted molar refractivity (Wildman–Crippen MR) is 157 cm³/mol. The van der Waals surface area contributed by atoms with Crippen molar-refractivity contribution in [2.45, 2.75) is 0 Å². The third-order valence-corrected chi connectivity index (χ3v) is 7.66. The predicted octanol–water partition coefficient (Wildman–Crippen LogP) is 9.31. The van der Waals surface area contributed by atoms with E-state index in [1.54, 1.807) is 0 Å². The molecule has 0 bridgehead atoms. The maximum absolute atomic E-state index is 4.48. The van der Waals surface area contributed by atoms with E-state index < -0.39 is 0 Å². The molecule has 0 aliphatic carbocycles. The summed E-state index contributed by atoms with van der Waals surface area (Å²) in [5.41, 5.74) is 5.95.